The molecule has 2 aliphatic carbocycles. The first kappa shape index (κ1) is 26.8. The third kappa shape index (κ3) is 4.15. The van der Waals surface area contributed by atoms with Crippen LogP contribution in [0.5, 0.6) is 5.75 Å². The van der Waals surface area contributed by atoms with Crippen molar-refractivity contribution in [3.63, 3.8) is 0 Å². The molecular formula is C32H33N9O3. The molecule has 4 N–H and O–H groups in total. The van der Waals surface area contributed by atoms with Crippen molar-refractivity contribution in [2.45, 2.75) is 44.3 Å². The summed E-state index contributed by atoms with van der Waals surface area (Å²) >= 11 is 0. The topological polar surface area (TPSA) is 160 Å². The Morgan fingerprint density at radius 1 is 1.05 bits per heavy atom. The molecule has 2 unspecified atom stereocenters. The SMILES string of the molecule is COc1cc(C(=O)N2CC3CCC2[C@@H]3N)cc2nc(-c3cc4ccc(-c5cnc(C(N)=O)nc5)nc4n3CC3CC3)n(C)c12. The van der Waals surface area contributed by atoms with Gasteiger partial charge >= 0.3 is 0 Å². The number of aryl methyl sites for hydroxylation is 1. The lowest BCUT2D eigenvalue weighted by molar-refractivity contribution is 0.0700. The fourth-order valence-electron chi connectivity index (χ4n) is 7.07. The molecular weight excluding hydrogens is 558 g/mol. The minimum absolute atomic E-state index is 0.0209. The quantitative estimate of drug-likeness (QED) is 0.292. The van der Waals surface area contributed by atoms with Crippen LogP contribution in [0.1, 0.15) is 46.7 Å². The fraction of sp³-hybridized carbons (Fsp3) is 0.375. The van der Waals surface area contributed by atoms with Gasteiger partial charge in [-0.2, -0.15) is 0 Å². The molecule has 1 aliphatic heterocycles. The van der Waals surface area contributed by atoms with Crippen LogP contribution in [0.25, 0.3) is 44.8 Å². The van der Waals surface area contributed by atoms with E-state index in [1.54, 1.807) is 19.5 Å². The van der Waals surface area contributed by atoms with E-state index in [2.05, 4.69) is 20.6 Å². The van der Waals surface area contributed by atoms with Crippen LogP contribution in [-0.4, -0.2) is 71.5 Å². The number of carbonyl (C=O) groups is 2. The lowest BCUT2D eigenvalue weighted by atomic mass is 10.1. The second-order valence-electron chi connectivity index (χ2n) is 12.3. The molecule has 8 rings (SSSR count). The molecule has 0 spiro atoms. The van der Waals surface area contributed by atoms with Crippen LogP contribution < -0.4 is 16.2 Å². The van der Waals surface area contributed by atoms with Crippen molar-refractivity contribution >= 4 is 33.9 Å². The standard InChI is InChI=1S/C32H33N9O3/c1-39-27-22(9-19(11-25(27)44-2)32(43)41-15-18-6-8-23(41)26(18)33)38-31(39)24-10-17-5-7-21(20-12-35-29(28(34)42)36-13-20)37-30(17)40(24)14-16-3-4-16/h5,7,9-13,16,18,23,26H,3-4,6,8,14-15,33H2,1-2H3,(H2,34,42)/t18?,23?,26-/m1/s1. The highest BCUT2D eigenvalue weighted by molar-refractivity contribution is 6.00. The fourth-order valence-corrected chi connectivity index (χ4v) is 7.07. The molecule has 2 amide bonds. The van der Waals surface area contributed by atoms with Gasteiger partial charge in [0.1, 0.15) is 16.9 Å². The summed E-state index contributed by atoms with van der Waals surface area (Å²) in [5.74, 6) is 1.58. The highest BCUT2D eigenvalue weighted by Crippen LogP contribution is 2.40. The van der Waals surface area contributed by atoms with E-state index in [-0.39, 0.29) is 23.8 Å². The summed E-state index contributed by atoms with van der Waals surface area (Å²) in [6, 6.07) is 9.91. The number of hydrogen-bond donors (Lipinski definition) is 2. The van der Waals surface area contributed by atoms with E-state index in [4.69, 9.17) is 26.2 Å². The predicted octanol–water partition coefficient (Wildman–Crippen LogP) is 3.13. The third-order valence-electron chi connectivity index (χ3n) is 9.59. The zero-order valence-corrected chi connectivity index (χ0v) is 24.6. The first-order valence-electron chi connectivity index (χ1n) is 15.0. The molecule has 1 saturated heterocycles. The summed E-state index contributed by atoms with van der Waals surface area (Å²) in [5.41, 5.74) is 17.0. The van der Waals surface area contributed by atoms with Gasteiger partial charge in [-0.05, 0) is 67.9 Å². The third-order valence-corrected chi connectivity index (χ3v) is 9.59. The minimum atomic E-state index is -0.675. The predicted molar refractivity (Wildman–Crippen MR) is 164 cm³/mol. The highest BCUT2D eigenvalue weighted by atomic mass is 16.5. The number of ether oxygens (including phenoxy) is 1. The first-order valence-corrected chi connectivity index (χ1v) is 15.0. The Morgan fingerprint density at radius 2 is 1.84 bits per heavy atom. The maximum absolute atomic E-state index is 13.7. The molecule has 5 aromatic rings. The van der Waals surface area contributed by atoms with Crippen molar-refractivity contribution in [3.8, 4) is 28.5 Å². The van der Waals surface area contributed by atoms with Gasteiger partial charge in [0.2, 0.25) is 5.82 Å². The molecule has 12 heteroatoms. The summed E-state index contributed by atoms with van der Waals surface area (Å²) in [6.07, 6.45) is 7.51. The largest absolute Gasteiger partial charge is 0.494 e. The summed E-state index contributed by atoms with van der Waals surface area (Å²) in [4.78, 5) is 45.3. The van der Waals surface area contributed by atoms with Gasteiger partial charge in [-0.1, -0.05) is 0 Å². The zero-order chi connectivity index (χ0) is 30.3. The summed E-state index contributed by atoms with van der Waals surface area (Å²) in [5, 5.41) is 0.981. The number of methoxy groups -OCH3 is 1. The Morgan fingerprint density at radius 3 is 2.50 bits per heavy atom. The number of hydrogen-bond acceptors (Lipinski definition) is 8. The number of benzene rings is 1. The monoisotopic (exact) mass is 591 g/mol. The first-order chi connectivity index (χ1) is 21.3. The van der Waals surface area contributed by atoms with E-state index in [0.29, 0.717) is 46.5 Å². The van der Waals surface area contributed by atoms with E-state index in [0.717, 1.165) is 47.5 Å². The number of nitrogens with two attached hydrogens (primary N) is 2. The molecule has 3 atom stereocenters. The lowest BCUT2D eigenvalue weighted by Gasteiger charge is -2.27. The van der Waals surface area contributed by atoms with Gasteiger partial charge in [-0.3, -0.25) is 9.59 Å². The Hall–Kier alpha value is -4.84. The molecule has 44 heavy (non-hydrogen) atoms. The second kappa shape index (κ2) is 9.84. The number of pyridine rings is 1. The van der Waals surface area contributed by atoms with Crippen molar-refractivity contribution < 1.29 is 14.3 Å². The lowest BCUT2D eigenvalue weighted by Crippen LogP contribution is -2.41. The molecule has 5 heterocycles. The molecule has 1 aromatic carbocycles. The Balaban J connectivity index is 1.22. The maximum atomic E-state index is 13.7. The van der Waals surface area contributed by atoms with E-state index in [1.807, 2.05) is 40.8 Å². The van der Waals surface area contributed by atoms with Crippen LogP contribution in [0.4, 0.5) is 0 Å². The van der Waals surface area contributed by atoms with Crippen LogP contribution in [0.2, 0.25) is 0 Å². The molecule has 2 saturated carbocycles. The summed E-state index contributed by atoms with van der Waals surface area (Å²) in [7, 11) is 3.60. The van der Waals surface area contributed by atoms with Gasteiger partial charge in [-0.15, -0.1) is 0 Å². The van der Waals surface area contributed by atoms with Crippen molar-refractivity contribution in [1.82, 2.24) is 34.0 Å². The summed E-state index contributed by atoms with van der Waals surface area (Å²) < 4.78 is 10.1. The number of carbonyl (C=O) groups excluding carboxylic acids is 2. The number of nitrogens with zero attached hydrogens (tertiary/aromatic N) is 7. The summed E-state index contributed by atoms with van der Waals surface area (Å²) in [6.45, 7) is 1.52. The molecule has 12 nitrogen and oxygen atoms in total. The van der Waals surface area contributed by atoms with Crippen LogP contribution in [-0.2, 0) is 13.6 Å². The Kier molecular flexibility index (Phi) is 5.99. The number of fused-ring (bicyclic) bond motifs is 4. The van der Waals surface area contributed by atoms with Gasteiger partial charge < -0.3 is 30.2 Å². The van der Waals surface area contributed by atoms with Gasteiger partial charge in [0.05, 0.1) is 24.0 Å². The van der Waals surface area contributed by atoms with Crippen molar-refractivity contribution in [2.24, 2.45) is 30.4 Å². The van der Waals surface area contributed by atoms with E-state index >= 15 is 0 Å². The van der Waals surface area contributed by atoms with Gasteiger partial charge in [-0.25, -0.2) is 19.9 Å². The molecule has 4 aromatic heterocycles. The number of amides is 2. The van der Waals surface area contributed by atoms with Crippen LogP contribution in [0.3, 0.4) is 0 Å². The Bertz CT molecular complexity index is 1970. The van der Waals surface area contributed by atoms with E-state index in [9.17, 15) is 9.59 Å². The molecule has 3 fully saturated rings. The van der Waals surface area contributed by atoms with Crippen LogP contribution >= 0.6 is 0 Å². The molecule has 3 aliphatic rings. The van der Waals surface area contributed by atoms with Crippen molar-refractivity contribution in [2.75, 3.05) is 13.7 Å². The maximum Gasteiger partial charge on any atom is 0.286 e. The van der Waals surface area contributed by atoms with Crippen LogP contribution in [0, 0.1) is 11.8 Å². The number of piperidine rings is 1. The number of primary amides is 1. The van der Waals surface area contributed by atoms with Crippen molar-refractivity contribution in [3.05, 3.63) is 54.1 Å². The van der Waals surface area contributed by atoms with Gasteiger partial charge in [0.15, 0.2) is 5.82 Å². The van der Waals surface area contributed by atoms with E-state index in [1.165, 1.54) is 12.8 Å². The average molecular weight is 592 g/mol. The van der Waals surface area contributed by atoms with Crippen LogP contribution in [0.15, 0.2) is 42.7 Å². The smallest absolute Gasteiger partial charge is 0.286 e. The normalized spacial score (nSPS) is 21.1. The van der Waals surface area contributed by atoms with Gasteiger partial charge in [0.25, 0.3) is 11.8 Å². The Labute approximate surface area is 253 Å². The minimum Gasteiger partial charge on any atom is -0.494 e. The number of aromatic nitrogens is 6. The number of likely N-dealkylation sites (tertiary alicyclic amines) is 1. The average Bonchev–Trinajstić information content (AvgIpc) is 3.44. The van der Waals surface area contributed by atoms with E-state index < -0.39 is 5.91 Å². The highest BCUT2D eigenvalue weighted by Gasteiger charge is 2.47. The van der Waals surface area contributed by atoms with Crippen molar-refractivity contribution in [1.29, 1.82) is 0 Å². The molecule has 2 bridgehead atoms. The molecule has 0 radical (unpaired) electrons. The zero-order valence-electron chi connectivity index (χ0n) is 24.6. The van der Waals surface area contributed by atoms with Gasteiger partial charge in [0, 0.05) is 61.1 Å². The number of imidazole rings is 1. The molecule has 224 valence electrons. The number of rotatable bonds is 7. The second-order valence-corrected chi connectivity index (χ2v) is 12.3.